The first-order valence-electron chi connectivity index (χ1n) is 6.80. The monoisotopic (exact) mass is 276 g/mol. The molecule has 0 amide bonds. The van der Waals surface area contributed by atoms with Crippen LogP contribution in [-0.4, -0.2) is 34.8 Å². The molecule has 20 heavy (non-hydrogen) atoms. The van der Waals surface area contributed by atoms with Gasteiger partial charge in [0.05, 0.1) is 35.2 Å². The number of rotatable bonds is 6. The minimum absolute atomic E-state index is 0.0595. The maximum atomic E-state index is 11.7. The third kappa shape index (κ3) is 2.91. The molecule has 0 aliphatic rings. The molecule has 1 aromatic heterocycles. The Morgan fingerprint density at radius 3 is 2.90 bits per heavy atom. The van der Waals surface area contributed by atoms with E-state index in [0.717, 1.165) is 25.1 Å². The number of nitrogens with one attached hydrogen (secondary N) is 1. The summed E-state index contributed by atoms with van der Waals surface area (Å²) in [6, 6.07) is 3.46. The molecular weight excluding hydrogens is 256 g/mol. The van der Waals surface area contributed by atoms with Crippen molar-refractivity contribution in [2.24, 2.45) is 0 Å². The minimum atomic E-state index is -0.199. The van der Waals surface area contributed by atoms with Crippen molar-refractivity contribution in [2.75, 3.05) is 30.3 Å². The molecule has 0 unspecified atom stereocenters. The van der Waals surface area contributed by atoms with Crippen molar-refractivity contribution in [2.45, 2.75) is 19.8 Å². The van der Waals surface area contributed by atoms with Crippen LogP contribution in [0.5, 0.6) is 0 Å². The van der Waals surface area contributed by atoms with Gasteiger partial charge in [-0.3, -0.25) is 4.79 Å². The zero-order valence-corrected chi connectivity index (χ0v) is 11.6. The lowest BCUT2D eigenvalue weighted by Gasteiger charge is -2.25. The number of fused-ring (bicyclic) bond motifs is 1. The number of hydrogen-bond donors (Lipinski definition) is 3. The summed E-state index contributed by atoms with van der Waals surface area (Å²) < 4.78 is 0. The lowest BCUT2D eigenvalue weighted by Crippen LogP contribution is -2.28. The topological polar surface area (TPSA) is 95.2 Å². The molecule has 0 saturated carbocycles. The number of aliphatic hydroxyl groups is 1. The Kier molecular flexibility index (Phi) is 4.57. The molecule has 1 aromatic carbocycles. The predicted molar refractivity (Wildman–Crippen MR) is 81.0 cm³/mol. The van der Waals surface area contributed by atoms with Crippen LogP contribution in [0.25, 0.3) is 10.9 Å². The average molecular weight is 276 g/mol. The van der Waals surface area contributed by atoms with Crippen LogP contribution in [0.1, 0.15) is 19.8 Å². The van der Waals surface area contributed by atoms with Crippen LogP contribution in [0.4, 0.5) is 11.4 Å². The first kappa shape index (κ1) is 14.3. The summed E-state index contributed by atoms with van der Waals surface area (Å²) in [5, 5.41) is 9.67. The quantitative estimate of drug-likeness (QED) is 0.687. The Hall–Kier alpha value is -2.08. The predicted octanol–water partition coefficient (Wildman–Crippen LogP) is 1.10. The highest BCUT2D eigenvalue weighted by molar-refractivity contribution is 5.88. The van der Waals surface area contributed by atoms with Crippen molar-refractivity contribution in [1.29, 1.82) is 0 Å². The molecule has 0 fully saturated rings. The summed E-state index contributed by atoms with van der Waals surface area (Å²) in [6.45, 7) is 3.50. The number of unbranched alkanes of at least 4 members (excludes halogenated alkanes) is 1. The number of benzene rings is 1. The van der Waals surface area contributed by atoms with Gasteiger partial charge >= 0.3 is 0 Å². The number of anilines is 2. The van der Waals surface area contributed by atoms with Gasteiger partial charge in [-0.25, -0.2) is 4.98 Å². The highest BCUT2D eigenvalue weighted by Crippen LogP contribution is 2.27. The van der Waals surface area contributed by atoms with Crippen molar-refractivity contribution in [3.63, 3.8) is 0 Å². The van der Waals surface area contributed by atoms with Gasteiger partial charge < -0.3 is 20.7 Å². The van der Waals surface area contributed by atoms with Gasteiger partial charge in [0.15, 0.2) is 0 Å². The van der Waals surface area contributed by atoms with Gasteiger partial charge in [0.25, 0.3) is 5.56 Å². The minimum Gasteiger partial charge on any atom is -0.397 e. The standard InChI is InChI=1S/C14H20N4O2/c1-2-3-4-18(5-6-19)13-8-12-10(7-11(13)15)14(20)17-9-16-12/h7-9,19H,2-6,15H2,1H3,(H,16,17,20). The summed E-state index contributed by atoms with van der Waals surface area (Å²) in [5.74, 6) is 0. The number of H-pyrrole nitrogens is 1. The van der Waals surface area contributed by atoms with Gasteiger partial charge in [0.1, 0.15) is 0 Å². The van der Waals surface area contributed by atoms with E-state index in [9.17, 15) is 9.90 Å². The molecule has 0 aliphatic heterocycles. The third-order valence-electron chi connectivity index (χ3n) is 3.28. The number of nitrogens with zero attached hydrogens (tertiary/aromatic N) is 2. The largest absolute Gasteiger partial charge is 0.397 e. The van der Waals surface area contributed by atoms with Crippen LogP contribution in [0.2, 0.25) is 0 Å². The number of aliphatic hydroxyl groups excluding tert-OH is 1. The summed E-state index contributed by atoms with van der Waals surface area (Å²) in [7, 11) is 0. The van der Waals surface area contributed by atoms with E-state index in [1.54, 1.807) is 6.07 Å². The smallest absolute Gasteiger partial charge is 0.258 e. The Morgan fingerprint density at radius 1 is 1.40 bits per heavy atom. The Balaban J connectivity index is 2.46. The van der Waals surface area contributed by atoms with Gasteiger partial charge in [0.2, 0.25) is 0 Å². The van der Waals surface area contributed by atoms with Gasteiger partial charge in [-0.05, 0) is 18.6 Å². The molecule has 4 N–H and O–H groups in total. The second-order valence-electron chi connectivity index (χ2n) is 4.72. The lowest BCUT2D eigenvalue weighted by molar-refractivity contribution is 0.301. The van der Waals surface area contributed by atoms with Crippen molar-refractivity contribution >= 4 is 22.3 Å². The van der Waals surface area contributed by atoms with E-state index in [2.05, 4.69) is 16.9 Å². The molecule has 2 aromatic rings. The summed E-state index contributed by atoms with van der Waals surface area (Å²) in [6.07, 6.45) is 3.46. The number of hydrogen-bond acceptors (Lipinski definition) is 5. The van der Waals surface area contributed by atoms with Gasteiger partial charge in [-0.2, -0.15) is 0 Å². The molecule has 0 atom stereocenters. The SMILES string of the molecule is CCCCN(CCO)c1cc2nc[nH]c(=O)c2cc1N. The number of nitrogens with two attached hydrogens (primary N) is 1. The zero-order chi connectivity index (χ0) is 14.5. The maximum absolute atomic E-state index is 11.7. The normalized spacial score (nSPS) is 10.9. The van der Waals surface area contributed by atoms with E-state index >= 15 is 0 Å². The van der Waals surface area contributed by atoms with E-state index in [-0.39, 0.29) is 12.2 Å². The molecule has 0 aliphatic carbocycles. The lowest BCUT2D eigenvalue weighted by atomic mass is 10.1. The van der Waals surface area contributed by atoms with E-state index in [1.807, 2.05) is 11.0 Å². The van der Waals surface area contributed by atoms with Crippen LogP contribution in [0, 0.1) is 0 Å². The highest BCUT2D eigenvalue weighted by atomic mass is 16.3. The molecule has 108 valence electrons. The highest BCUT2D eigenvalue weighted by Gasteiger charge is 2.12. The molecule has 0 spiro atoms. The fraction of sp³-hybridized carbons (Fsp3) is 0.429. The Labute approximate surface area is 117 Å². The molecule has 0 saturated heterocycles. The van der Waals surface area contributed by atoms with Gasteiger partial charge in [-0.15, -0.1) is 0 Å². The zero-order valence-electron chi connectivity index (χ0n) is 11.6. The average Bonchev–Trinajstić information content (AvgIpc) is 2.44. The van der Waals surface area contributed by atoms with Crippen LogP contribution >= 0.6 is 0 Å². The van der Waals surface area contributed by atoms with Crippen molar-refractivity contribution in [1.82, 2.24) is 9.97 Å². The van der Waals surface area contributed by atoms with E-state index < -0.39 is 0 Å². The second-order valence-corrected chi connectivity index (χ2v) is 4.72. The molecule has 6 nitrogen and oxygen atoms in total. The van der Waals surface area contributed by atoms with E-state index in [4.69, 9.17) is 5.73 Å². The van der Waals surface area contributed by atoms with Crippen LogP contribution in [0.3, 0.4) is 0 Å². The van der Waals surface area contributed by atoms with Gasteiger partial charge in [-0.1, -0.05) is 13.3 Å². The Morgan fingerprint density at radius 2 is 2.20 bits per heavy atom. The van der Waals surface area contributed by atoms with Crippen LogP contribution in [-0.2, 0) is 0 Å². The van der Waals surface area contributed by atoms with Crippen molar-refractivity contribution in [3.8, 4) is 0 Å². The first-order valence-corrected chi connectivity index (χ1v) is 6.80. The number of nitrogen functional groups attached to an aromatic ring is 1. The second kappa shape index (κ2) is 6.38. The summed E-state index contributed by atoms with van der Waals surface area (Å²) in [4.78, 5) is 20.4. The fourth-order valence-electron chi connectivity index (χ4n) is 2.22. The third-order valence-corrected chi connectivity index (χ3v) is 3.28. The van der Waals surface area contributed by atoms with E-state index in [0.29, 0.717) is 23.1 Å². The molecule has 1 heterocycles. The first-order chi connectivity index (χ1) is 9.67. The number of aromatic amines is 1. The fourth-order valence-corrected chi connectivity index (χ4v) is 2.22. The van der Waals surface area contributed by atoms with Gasteiger partial charge in [0, 0.05) is 13.1 Å². The van der Waals surface area contributed by atoms with Crippen molar-refractivity contribution in [3.05, 3.63) is 28.8 Å². The van der Waals surface area contributed by atoms with Crippen molar-refractivity contribution < 1.29 is 5.11 Å². The summed E-state index contributed by atoms with van der Waals surface area (Å²) >= 11 is 0. The molecule has 2 rings (SSSR count). The van der Waals surface area contributed by atoms with Crippen LogP contribution in [0.15, 0.2) is 23.3 Å². The molecule has 0 bridgehead atoms. The Bertz CT molecular complexity index is 639. The number of aromatic nitrogens is 2. The molecule has 6 heteroatoms. The summed E-state index contributed by atoms with van der Waals surface area (Å²) in [5.41, 5.74) is 7.81. The molecular formula is C14H20N4O2. The maximum Gasteiger partial charge on any atom is 0.258 e. The molecule has 0 radical (unpaired) electrons. The van der Waals surface area contributed by atoms with E-state index in [1.165, 1.54) is 6.33 Å². The van der Waals surface area contributed by atoms with Crippen LogP contribution < -0.4 is 16.2 Å².